The molecule has 2 aromatic heterocycles. The van der Waals surface area contributed by atoms with Gasteiger partial charge in [0, 0.05) is 0 Å². The summed E-state index contributed by atoms with van der Waals surface area (Å²) in [4.78, 5) is 13.0. The second-order valence-electron chi connectivity index (χ2n) is 9.12. The van der Waals surface area contributed by atoms with E-state index in [9.17, 15) is 0 Å². The van der Waals surface area contributed by atoms with Gasteiger partial charge in [-0.15, -0.1) is 0 Å². The quantitative estimate of drug-likeness (QED) is 0.436. The van der Waals surface area contributed by atoms with E-state index in [4.69, 9.17) is 10.2 Å². The van der Waals surface area contributed by atoms with Gasteiger partial charge in [0.25, 0.3) is 8.32 Å². The monoisotopic (exact) mass is 445 g/mol. The number of rotatable bonds is 7. The Morgan fingerprint density at radius 1 is 0.938 bits per heavy atom. The molecule has 0 aliphatic heterocycles. The molecule has 4 aromatic rings. The highest BCUT2D eigenvalue weighted by atomic mass is 28.4. The molecule has 0 bridgehead atoms. The average molecular weight is 446 g/mol. The van der Waals surface area contributed by atoms with Gasteiger partial charge in [0.05, 0.1) is 19.0 Å². The van der Waals surface area contributed by atoms with Gasteiger partial charge in [0.2, 0.25) is 0 Å². The molecule has 6 nitrogen and oxygen atoms in total. The molecule has 0 spiro atoms. The minimum Gasteiger partial charge on any atom is -0.405 e. The normalized spacial score (nSPS) is 13.4. The summed E-state index contributed by atoms with van der Waals surface area (Å²) >= 11 is 0. The number of imidazole rings is 1. The fourth-order valence-corrected chi connectivity index (χ4v) is 9.11. The van der Waals surface area contributed by atoms with Crippen molar-refractivity contribution in [1.82, 2.24) is 19.5 Å². The molecule has 4 rings (SSSR count). The lowest BCUT2D eigenvalue weighted by atomic mass is 10.2. The van der Waals surface area contributed by atoms with Crippen LogP contribution in [0.25, 0.3) is 11.2 Å². The van der Waals surface area contributed by atoms with E-state index in [0.29, 0.717) is 17.9 Å². The van der Waals surface area contributed by atoms with Crippen LogP contribution in [-0.4, -0.2) is 34.4 Å². The van der Waals surface area contributed by atoms with Crippen molar-refractivity contribution < 1.29 is 4.43 Å². The second-order valence-corrected chi connectivity index (χ2v) is 13.4. The topological polar surface area (TPSA) is 78.9 Å². The van der Waals surface area contributed by atoms with Crippen molar-refractivity contribution in [2.24, 2.45) is 0 Å². The molecular formula is C25H31N5OSi. The summed E-state index contributed by atoms with van der Waals surface area (Å²) < 4.78 is 9.21. The van der Waals surface area contributed by atoms with Crippen LogP contribution in [0.3, 0.4) is 0 Å². The number of hydrogen-bond acceptors (Lipinski definition) is 5. The van der Waals surface area contributed by atoms with E-state index >= 15 is 0 Å². The fourth-order valence-electron chi connectivity index (χ4n) is 4.51. The summed E-state index contributed by atoms with van der Waals surface area (Å²) in [6.45, 7) is 9.59. The third-order valence-electron chi connectivity index (χ3n) is 6.16. The Kier molecular flexibility index (Phi) is 6.12. The second kappa shape index (κ2) is 8.84. The van der Waals surface area contributed by atoms with Crippen molar-refractivity contribution in [3.8, 4) is 0 Å². The van der Waals surface area contributed by atoms with E-state index in [1.54, 1.807) is 6.33 Å². The molecule has 0 aliphatic rings. The largest absolute Gasteiger partial charge is 0.405 e. The van der Waals surface area contributed by atoms with Crippen molar-refractivity contribution >= 4 is 35.7 Å². The number of nitrogens with zero attached hydrogens (tertiary/aromatic N) is 4. The summed E-state index contributed by atoms with van der Waals surface area (Å²) in [6.07, 6.45) is 4.18. The van der Waals surface area contributed by atoms with Gasteiger partial charge in [-0.3, -0.25) is 0 Å². The van der Waals surface area contributed by atoms with Crippen molar-refractivity contribution in [3.05, 3.63) is 73.3 Å². The molecule has 32 heavy (non-hydrogen) atoms. The maximum atomic E-state index is 7.14. The van der Waals surface area contributed by atoms with Crippen LogP contribution in [-0.2, 0) is 4.43 Å². The lowest BCUT2D eigenvalue weighted by Crippen LogP contribution is -2.66. The van der Waals surface area contributed by atoms with E-state index in [1.807, 2.05) is 0 Å². The SMILES string of the molecule is CCC(CO[Si](c1ccccc1)(c1ccccc1)C(C)(C)C)n1cnc2c(N)ncnc21. The van der Waals surface area contributed by atoms with Gasteiger partial charge in [0.1, 0.15) is 11.8 Å². The first kappa shape index (κ1) is 22.2. The highest BCUT2D eigenvalue weighted by molar-refractivity contribution is 6.99. The average Bonchev–Trinajstić information content (AvgIpc) is 3.23. The molecule has 166 valence electrons. The summed E-state index contributed by atoms with van der Waals surface area (Å²) in [7, 11) is -2.61. The van der Waals surface area contributed by atoms with Crippen molar-refractivity contribution in [3.63, 3.8) is 0 Å². The maximum Gasteiger partial charge on any atom is 0.261 e. The summed E-state index contributed by atoms with van der Waals surface area (Å²) in [5.74, 6) is 0.400. The highest BCUT2D eigenvalue weighted by Crippen LogP contribution is 2.37. The van der Waals surface area contributed by atoms with Gasteiger partial charge in [-0.1, -0.05) is 88.4 Å². The number of anilines is 1. The van der Waals surface area contributed by atoms with E-state index in [0.717, 1.165) is 12.1 Å². The van der Waals surface area contributed by atoms with Crippen LogP contribution in [0.1, 0.15) is 40.2 Å². The minimum atomic E-state index is -2.61. The maximum absolute atomic E-state index is 7.14. The summed E-state index contributed by atoms with van der Waals surface area (Å²) in [5, 5.41) is 2.48. The van der Waals surface area contributed by atoms with Crippen molar-refractivity contribution in [2.45, 2.75) is 45.2 Å². The Labute approximate surface area is 190 Å². The van der Waals surface area contributed by atoms with E-state index in [2.05, 4.69) is 108 Å². The van der Waals surface area contributed by atoms with Crippen LogP contribution in [0.15, 0.2) is 73.3 Å². The molecule has 7 heteroatoms. The molecule has 1 atom stereocenters. The molecule has 0 saturated heterocycles. The third kappa shape index (κ3) is 3.82. The zero-order chi connectivity index (χ0) is 22.8. The lowest BCUT2D eigenvalue weighted by Gasteiger charge is -2.43. The van der Waals surface area contributed by atoms with Crippen LogP contribution in [0, 0.1) is 0 Å². The lowest BCUT2D eigenvalue weighted by molar-refractivity contribution is 0.234. The fraction of sp³-hybridized carbons (Fsp3) is 0.320. The van der Waals surface area contributed by atoms with Crippen LogP contribution >= 0.6 is 0 Å². The van der Waals surface area contributed by atoms with Crippen LogP contribution in [0.4, 0.5) is 5.82 Å². The van der Waals surface area contributed by atoms with E-state index < -0.39 is 8.32 Å². The van der Waals surface area contributed by atoms with Crippen molar-refractivity contribution in [2.75, 3.05) is 12.3 Å². The van der Waals surface area contributed by atoms with Crippen LogP contribution in [0.2, 0.25) is 5.04 Å². The Hall–Kier alpha value is -3.03. The van der Waals surface area contributed by atoms with Gasteiger partial charge in [0.15, 0.2) is 11.5 Å². The van der Waals surface area contributed by atoms with E-state index in [1.165, 1.54) is 16.7 Å². The molecule has 0 radical (unpaired) electrons. The van der Waals surface area contributed by atoms with Gasteiger partial charge in [-0.2, -0.15) is 0 Å². The highest BCUT2D eigenvalue weighted by Gasteiger charge is 2.50. The predicted molar refractivity (Wildman–Crippen MR) is 133 cm³/mol. The number of nitrogen functional groups attached to an aromatic ring is 1. The van der Waals surface area contributed by atoms with Gasteiger partial charge >= 0.3 is 0 Å². The van der Waals surface area contributed by atoms with Crippen molar-refractivity contribution in [1.29, 1.82) is 0 Å². The molecule has 2 N–H and O–H groups in total. The Morgan fingerprint density at radius 3 is 2.06 bits per heavy atom. The molecular weight excluding hydrogens is 414 g/mol. The summed E-state index contributed by atoms with van der Waals surface area (Å²) in [5.41, 5.74) is 7.39. The molecule has 1 unspecified atom stereocenters. The smallest absolute Gasteiger partial charge is 0.261 e. The van der Waals surface area contributed by atoms with Gasteiger partial charge in [-0.25, -0.2) is 15.0 Å². The third-order valence-corrected chi connectivity index (χ3v) is 11.2. The number of fused-ring (bicyclic) bond motifs is 1. The first-order chi connectivity index (χ1) is 15.4. The first-order valence-corrected chi connectivity index (χ1v) is 13.0. The number of benzene rings is 2. The Bertz CT molecular complexity index is 1130. The molecule has 0 amide bonds. The Balaban J connectivity index is 1.78. The molecule has 0 saturated carbocycles. The number of nitrogens with two attached hydrogens (primary N) is 1. The zero-order valence-corrected chi connectivity index (χ0v) is 20.2. The number of aromatic nitrogens is 4. The van der Waals surface area contributed by atoms with Crippen LogP contribution < -0.4 is 16.1 Å². The summed E-state index contributed by atoms with van der Waals surface area (Å²) in [6, 6.07) is 21.5. The predicted octanol–water partition coefficient (Wildman–Crippen LogP) is 3.94. The van der Waals surface area contributed by atoms with E-state index in [-0.39, 0.29) is 11.1 Å². The van der Waals surface area contributed by atoms with Crippen LogP contribution in [0.5, 0.6) is 0 Å². The molecule has 2 heterocycles. The first-order valence-electron chi connectivity index (χ1n) is 11.1. The van der Waals surface area contributed by atoms with Gasteiger partial charge in [-0.05, 0) is 21.8 Å². The standard InChI is InChI=1S/C25H31N5OSi/c1-5-19(30-18-29-22-23(26)27-17-28-24(22)30)16-31-32(25(2,3)4,20-12-8-6-9-13-20)21-14-10-7-11-15-21/h6-15,17-19H,5,16H2,1-4H3,(H2,26,27,28). The molecule has 0 aliphatic carbocycles. The molecule has 0 fully saturated rings. The molecule has 2 aromatic carbocycles. The zero-order valence-electron chi connectivity index (χ0n) is 19.2. The Morgan fingerprint density at radius 2 is 1.53 bits per heavy atom. The number of hydrogen-bond donors (Lipinski definition) is 1. The minimum absolute atomic E-state index is 0.0718. The van der Waals surface area contributed by atoms with Gasteiger partial charge < -0.3 is 14.7 Å².